The molecule has 0 aromatic heterocycles. The monoisotopic (exact) mass is 375 g/mol. The molecule has 0 atom stereocenters. The third-order valence-corrected chi connectivity index (χ3v) is 3.42. The summed E-state index contributed by atoms with van der Waals surface area (Å²) in [7, 11) is 2.39. The summed E-state index contributed by atoms with van der Waals surface area (Å²) in [6.45, 7) is 0. The number of hydrogen-bond acceptors (Lipinski definition) is 2. The molecule has 94 valence electrons. The first-order valence-electron chi connectivity index (χ1n) is 4.16. The summed E-state index contributed by atoms with van der Waals surface area (Å²) >= 11 is 5.17. The van der Waals surface area contributed by atoms with E-state index >= 15 is 0 Å². The van der Waals surface area contributed by atoms with Crippen LogP contribution in [0.3, 0.4) is 0 Å². The highest BCUT2D eigenvalue weighted by atomic mass is 79.9. The molecule has 0 fully saturated rings. The van der Waals surface area contributed by atoms with Crippen molar-refractivity contribution in [3.8, 4) is 0 Å². The molecule has 0 unspecified atom stereocenters. The number of amides is 1. The predicted molar refractivity (Wildman–Crippen MR) is 60.8 cm³/mol. The Morgan fingerprint density at radius 2 is 1.59 bits per heavy atom. The lowest BCUT2D eigenvalue weighted by molar-refractivity contribution is -0.0760. The first-order chi connectivity index (χ1) is 7.82. The van der Waals surface area contributed by atoms with E-state index in [0.29, 0.717) is 5.06 Å². The molecular formula is C9H6Br2F3NO2. The molecule has 0 radical (unpaired) electrons. The number of hydrogen-bond donors (Lipinski definition) is 0. The summed E-state index contributed by atoms with van der Waals surface area (Å²) in [6.07, 6.45) is 0. The minimum absolute atomic E-state index is 0.593. The van der Waals surface area contributed by atoms with E-state index in [1.807, 2.05) is 0 Å². The maximum Gasteiger partial charge on any atom is 0.281 e. The summed E-state index contributed by atoms with van der Waals surface area (Å²) in [5.74, 6) is -4.92. The lowest BCUT2D eigenvalue weighted by atomic mass is 10.2. The molecule has 1 amide bonds. The molecule has 0 saturated heterocycles. The van der Waals surface area contributed by atoms with Gasteiger partial charge in [-0.25, -0.2) is 18.2 Å². The standard InChI is InChI=1S/C9H6Br2F3NO2/c1-15(17-2)9(16)3-4(10)7(13)8(14)5(11)6(3)12/h1-2H3. The average molecular weight is 377 g/mol. The maximum absolute atomic E-state index is 13.7. The van der Waals surface area contributed by atoms with Crippen LogP contribution in [0.15, 0.2) is 8.95 Å². The van der Waals surface area contributed by atoms with Crippen molar-refractivity contribution < 1.29 is 22.8 Å². The van der Waals surface area contributed by atoms with Crippen molar-refractivity contribution in [2.45, 2.75) is 0 Å². The predicted octanol–water partition coefficient (Wildman–Crippen LogP) is 3.26. The number of carbonyl (C=O) groups is 1. The molecule has 1 rings (SSSR count). The zero-order chi connectivity index (χ0) is 13.3. The van der Waals surface area contributed by atoms with E-state index in [2.05, 4.69) is 36.7 Å². The van der Waals surface area contributed by atoms with Gasteiger partial charge in [-0.3, -0.25) is 9.63 Å². The minimum atomic E-state index is -1.41. The Labute approximate surface area is 112 Å². The van der Waals surface area contributed by atoms with Gasteiger partial charge in [-0.15, -0.1) is 0 Å². The third kappa shape index (κ3) is 2.48. The molecule has 0 saturated carbocycles. The smallest absolute Gasteiger partial charge is 0.274 e. The second-order valence-electron chi connectivity index (χ2n) is 2.93. The molecule has 0 aliphatic carbocycles. The third-order valence-electron chi connectivity index (χ3n) is 1.98. The van der Waals surface area contributed by atoms with Gasteiger partial charge in [0, 0.05) is 7.05 Å². The van der Waals surface area contributed by atoms with Crippen LogP contribution >= 0.6 is 31.9 Å². The van der Waals surface area contributed by atoms with Gasteiger partial charge in [-0.05, 0) is 31.9 Å². The number of rotatable bonds is 2. The number of benzene rings is 1. The topological polar surface area (TPSA) is 29.5 Å². The zero-order valence-corrected chi connectivity index (χ0v) is 11.8. The van der Waals surface area contributed by atoms with Gasteiger partial charge in [0.2, 0.25) is 0 Å². The van der Waals surface area contributed by atoms with Crippen LogP contribution in [-0.2, 0) is 4.84 Å². The number of halogens is 5. The van der Waals surface area contributed by atoms with Crippen LogP contribution < -0.4 is 0 Å². The van der Waals surface area contributed by atoms with Gasteiger partial charge >= 0.3 is 0 Å². The Kier molecular flexibility index (Phi) is 4.56. The molecule has 17 heavy (non-hydrogen) atoms. The Morgan fingerprint density at radius 1 is 1.12 bits per heavy atom. The fourth-order valence-corrected chi connectivity index (χ4v) is 1.92. The summed E-state index contributed by atoms with van der Waals surface area (Å²) < 4.78 is 38.8. The van der Waals surface area contributed by atoms with Crippen LogP contribution in [0, 0.1) is 17.5 Å². The van der Waals surface area contributed by atoms with Crippen molar-refractivity contribution in [2.24, 2.45) is 0 Å². The molecule has 3 nitrogen and oxygen atoms in total. The van der Waals surface area contributed by atoms with Crippen molar-refractivity contribution in [3.05, 3.63) is 32.0 Å². The van der Waals surface area contributed by atoms with E-state index in [1.54, 1.807) is 0 Å². The Balaban J connectivity index is 3.50. The maximum atomic E-state index is 13.7. The molecule has 1 aromatic carbocycles. The van der Waals surface area contributed by atoms with Gasteiger partial charge in [0.25, 0.3) is 5.91 Å². The van der Waals surface area contributed by atoms with Crippen LogP contribution in [-0.4, -0.2) is 25.1 Å². The number of carbonyl (C=O) groups excluding carboxylic acids is 1. The largest absolute Gasteiger partial charge is 0.281 e. The molecule has 0 bridgehead atoms. The van der Waals surface area contributed by atoms with Crippen LogP contribution in [0.2, 0.25) is 0 Å². The number of hydroxylamine groups is 2. The van der Waals surface area contributed by atoms with E-state index in [4.69, 9.17) is 0 Å². The normalized spacial score (nSPS) is 10.5. The van der Waals surface area contributed by atoms with Crippen molar-refractivity contribution in [3.63, 3.8) is 0 Å². The van der Waals surface area contributed by atoms with Crippen LogP contribution in [0.25, 0.3) is 0 Å². The van der Waals surface area contributed by atoms with Gasteiger partial charge in [0.15, 0.2) is 17.5 Å². The van der Waals surface area contributed by atoms with Crippen molar-refractivity contribution in [1.29, 1.82) is 0 Å². The molecule has 0 aliphatic rings. The van der Waals surface area contributed by atoms with Gasteiger partial charge in [-0.1, -0.05) is 0 Å². The minimum Gasteiger partial charge on any atom is -0.274 e. The van der Waals surface area contributed by atoms with Crippen molar-refractivity contribution in [2.75, 3.05) is 14.2 Å². The molecular weight excluding hydrogens is 371 g/mol. The fourth-order valence-electron chi connectivity index (χ4n) is 1.03. The fraction of sp³-hybridized carbons (Fsp3) is 0.222. The van der Waals surface area contributed by atoms with Gasteiger partial charge in [0.1, 0.15) is 0 Å². The first kappa shape index (κ1) is 14.5. The Morgan fingerprint density at radius 3 is 2.06 bits per heavy atom. The van der Waals surface area contributed by atoms with Crippen molar-refractivity contribution >= 4 is 37.8 Å². The van der Waals surface area contributed by atoms with Crippen LogP contribution in [0.4, 0.5) is 13.2 Å². The average Bonchev–Trinajstić information content (AvgIpc) is 2.32. The molecule has 0 aliphatic heterocycles. The molecule has 0 heterocycles. The van der Waals surface area contributed by atoms with E-state index in [1.165, 1.54) is 14.2 Å². The summed E-state index contributed by atoms with van der Waals surface area (Å²) in [5, 5.41) is 0.687. The molecule has 0 spiro atoms. The zero-order valence-electron chi connectivity index (χ0n) is 8.65. The van der Waals surface area contributed by atoms with Gasteiger partial charge in [0.05, 0.1) is 21.6 Å². The van der Waals surface area contributed by atoms with Gasteiger partial charge in [-0.2, -0.15) is 0 Å². The highest BCUT2D eigenvalue weighted by Crippen LogP contribution is 2.33. The second kappa shape index (κ2) is 5.36. The summed E-state index contributed by atoms with van der Waals surface area (Å²) in [6, 6.07) is 0. The lowest BCUT2D eigenvalue weighted by Gasteiger charge is -2.16. The lowest BCUT2D eigenvalue weighted by Crippen LogP contribution is -2.27. The SMILES string of the molecule is CON(C)C(=O)c1c(F)c(Br)c(F)c(F)c1Br. The molecule has 1 aromatic rings. The van der Waals surface area contributed by atoms with Crippen LogP contribution in [0.1, 0.15) is 10.4 Å². The number of nitrogens with zero attached hydrogens (tertiary/aromatic N) is 1. The highest BCUT2D eigenvalue weighted by molar-refractivity contribution is 9.11. The molecule has 8 heteroatoms. The van der Waals surface area contributed by atoms with E-state index in [-0.39, 0.29) is 0 Å². The summed E-state index contributed by atoms with van der Waals surface area (Å²) in [4.78, 5) is 16.2. The van der Waals surface area contributed by atoms with Crippen LogP contribution in [0.5, 0.6) is 0 Å². The second-order valence-corrected chi connectivity index (χ2v) is 4.52. The van der Waals surface area contributed by atoms with E-state index < -0.39 is 37.9 Å². The highest BCUT2D eigenvalue weighted by Gasteiger charge is 2.28. The van der Waals surface area contributed by atoms with Crippen molar-refractivity contribution in [1.82, 2.24) is 5.06 Å². The Hall–Kier alpha value is -0.600. The molecule has 0 N–H and O–H groups in total. The quantitative estimate of drug-likeness (QED) is 0.450. The van der Waals surface area contributed by atoms with E-state index in [9.17, 15) is 18.0 Å². The Bertz CT molecular complexity index is 453. The summed E-state index contributed by atoms with van der Waals surface area (Å²) in [5.41, 5.74) is -0.653. The first-order valence-corrected chi connectivity index (χ1v) is 5.75. The van der Waals surface area contributed by atoms with E-state index in [0.717, 1.165) is 0 Å². The van der Waals surface area contributed by atoms with Gasteiger partial charge < -0.3 is 0 Å².